The SMILES string of the molecule is O=C(O)CN(C(=O)c1ccc2ncsc2c1)C1CCCC1. The van der Waals surface area contributed by atoms with Gasteiger partial charge in [-0.05, 0) is 31.0 Å². The summed E-state index contributed by atoms with van der Waals surface area (Å²) in [5, 5.41) is 9.08. The number of rotatable bonds is 4. The molecule has 1 fully saturated rings. The maximum atomic E-state index is 12.7. The lowest BCUT2D eigenvalue weighted by atomic mass is 10.1. The molecule has 0 saturated heterocycles. The topological polar surface area (TPSA) is 70.5 Å². The summed E-state index contributed by atoms with van der Waals surface area (Å²) in [5.74, 6) is -1.16. The quantitative estimate of drug-likeness (QED) is 0.943. The molecule has 6 heteroatoms. The third kappa shape index (κ3) is 2.90. The van der Waals surface area contributed by atoms with Gasteiger partial charge in [-0.3, -0.25) is 9.59 Å². The van der Waals surface area contributed by atoms with Gasteiger partial charge in [0.25, 0.3) is 5.91 Å². The van der Waals surface area contributed by atoms with Crippen LogP contribution in [0.25, 0.3) is 10.2 Å². The van der Waals surface area contributed by atoms with Gasteiger partial charge in [0.1, 0.15) is 6.54 Å². The highest BCUT2D eigenvalue weighted by atomic mass is 32.1. The number of carbonyl (C=O) groups excluding carboxylic acids is 1. The molecule has 0 atom stereocenters. The summed E-state index contributed by atoms with van der Waals surface area (Å²) in [7, 11) is 0. The van der Waals surface area contributed by atoms with E-state index in [1.165, 1.54) is 16.2 Å². The molecule has 1 saturated carbocycles. The molecule has 110 valence electrons. The lowest BCUT2D eigenvalue weighted by Crippen LogP contribution is -2.42. The minimum absolute atomic E-state index is 0.0470. The number of hydrogen-bond acceptors (Lipinski definition) is 4. The molecule has 5 nitrogen and oxygen atoms in total. The van der Waals surface area contributed by atoms with Gasteiger partial charge in [0, 0.05) is 11.6 Å². The van der Waals surface area contributed by atoms with Gasteiger partial charge in [0.05, 0.1) is 15.7 Å². The number of aromatic nitrogens is 1. The maximum Gasteiger partial charge on any atom is 0.323 e. The van der Waals surface area contributed by atoms with Crippen LogP contribution < -0.4 is 0 Å². The van der Waals surface area contributed by atoms with Crippen LogP contribution in [-0.2, 0) is 4.79 Å². The van der Waals surface area contributed by atoms with E-state index in [0.29, 0.717) is 5.56 Å². The standard InChI is InChI=1S/C15H16N2O3S/c18-14(19)8-17(11-3-1-2-4-11)15(20)10-5-6-12-13(7-10)21-9-16-12/h5-7,9,11H,1-4,8H2,(H,18,19). The van der Waals surface area contributed by atoms with E-state index in [4.69, 9.17) is 5.11 Å². The van der Waals surface area contributed by atoms with Crippen molar-refractivity contribution in [3.8, 4) is 0 Å². The molecule has 1 heterocycles. The molecule has 0 spiro atoms. The van der Waals surface area contributed by atoms with Crippen molar-refractivity contribution < 1.29 is 14.7 Å². The Morgan fingerprint density at radius 3 is 2.81 bits per heavy atom. The predicted molar refractivity (Wildman–Crippen MR) is 80.5 cm³/mol. The second-order valence-electron chi connectivity index (χ2n) is 5.30. The molecule has 3 rings (SSSR count). The van der Waals surface area contributed by atoms with E-state index in [0.717, 1.165) is 35.9 Å². The number of fused-ring (bicyclic) bond motifs is 1. The van der Waals surface area contributed by atoms with Crippen LogP contribution in [-0.4, -0.2) is 39.5 Å². The first-order valence-corrected chi connectivity index (χ1v) is 7.89. The first-order chi connectivity index (χ1) is 10.1. The van der Waals surface area contributed by atoms with E-state index < -0.39 is 5.97 Å². The average Bonchev–Trinajstić information content (AvgIpc) is 3.13. The monoisotopic (exact) mass is 304 g/mol. The third-order valence-electron chi connectivity index (χ3n) is 3.91. The molecule has 1 aromatic heterocycles. The summed E-state index contributed by atoms with van der Waals surface area (Å²) in [6, 6.07) is 5.39. The van der Waals surface area contributed by atoms with Crippen LogP contribution in [0.2, 0.25) is 0 Å². The molecule has 0 bridgehead atoms. The Kier molecular flexibility index (Phi) is 3.88. The van der Waals surface area contributed by atoms with Crippen molar-refractivity contribution in [3.05, 3.63) is 29.3 Å². The summed E-state index contributed by atoms with van der Waals surface area (Å²) in [6.07, 6.45) is 3.90. The van der Waals surface area contributed by atoms with Crippen molar-refractivity contribution >= 4 is 33.4 Å². The summed E-state index contributed by atoms with van der Waals surface area (Å²) in [5.41, 5.74) is 3.15. The Morgan fingerprint density at radius 1 is 1.33 bits per heavy atom. The molecule has 1 aliphatic carbocycles. The summed E-state index contributed by atoms with van der Waals surface area (Å²) < 4.78 is 0.947. The zero-order valence-corrected chi connectivity index (χ0v) is 12.3. The van der Waals surface area contributed by atoms with Crippen molar-refractivity contribution in [3.63, 3.8) is 0 Å². The lowest BCUT2D eigenvalue weighted by Gasteiger charge is -2.27. The fourth-order valence-corrected chi connectivity index (χ4v) is 3.60. The number of nitrogens with zero attached hydrogens (tertiary/aromatic N) is 2. The number of carboxylic acids is 1. The highest BCUT2D eigenvalue weighted by Crippen LogP contribution is 2.26. The van der Waals surface area contributed by atoms with Crippen molar-refractivity contribution in [2.24, 2.45) is 0 Å². The summed E-state index contributed by atoms with van der Waals surface area (Å²) in [6.45, 7) is -0.232. The van der Waals surface area contributed by atoms with Gasteiger partial charge in [0.2, 0.25) is 0 Å². The summed E-state index contributed by atoms with van der Waals surface area (Å²) >= 11 is 1.48. The number of hydrogen-bond donors (Lipinski definition) is 1. The smallest absolute Gasteiger partial charge is 0.323 e. The molecule has 0 radical (unpaired) electrons. The molecule has 1 aromatic carbocycles. The number of aliphatic carboxylic acids is 1. The van der Waals surface area contributed by atoms with Gasteiger partial charge in [-0.15, -0.1) is 11.3 Å². The zero-order valence-electron chi connectivity index (χ0n) is 11.5. The number of benzene rings is 1. The lowest BCUT2D eigenvalue weighted by molar-refractivity contribution is -0.138. The van der Waals surface area contributed by atoms with Gasteiger partial charge in [-0.25, -0.2) is 4.98 Å². The Morgan fingerprint density at radius 2 is 2.10 bits per heavy atom. The predicted octanol–water partition coefficient (Wildman–Crippen LogP) is 2.77. The van der Waals surface area contributed by atoms with E-state index in [9.17, 15) is 9.59 Å². The molecule has 2 aromatic rings. The Bertz CT molecular complexity index is 676. The van der Waals surface area contributed by atoms with Crippen molar-refractivity contribution in [2.45, 2.75) is 31.7 Å². The molecular weight excluding hydrogens is 288 g/mol. The maximum absolute atomic E-state index is 12.7. The number of thiazole rings is 1. The molecular formula is C15H16N2O3S. The molecule has 1 aliphatic rings. The van der Waals surface area contributed by atoms with Crippen LogP contribution in [0.4, 0.5) is 0 Å². The van der Waals surface area contributed by atoms with Crippen LogP contribution in [0, 0.1) is 0 Å². The van der Waals surface area contributed by atoms with Crippen LogP contribution in [0.1, 0.15) is 36.0 Å². The molecule has 1 N–H and O–H groups in total. The van der Waals surface area contributed by atoms with E-state index >= 15 is 0 Å². The minimum Gasteiger partial charge on any atom is -0.480 e. The van der Waals surface area contributed by atoms with E-state index in [2.05, 4.69) is 4.98 Å². The first kappa shape index (κ1) is 14.0. The van der Waals surface area contributed by atoms with Crippen LogP contribution in [0.3, 0.4) is 0 Å². The van der Waals surface area contributed by atoms with Crippen molar-refractivity contribution in [2.75, 3.05) is 6.54 Å². The molecule has 1 amide bonds. The van der Waals surface area contributed by atoms with Crippen molar-refractivity contribution in [1.82, 2.24) is 9.88 Å². The largest absolute Gasteiger partial charge is 0.480 e. The Labute approximate surface area is 126 Å². The molecule has 0 unspecified atom stereocenters. The van der Waals surface area contributed by atoms with E-state index in [1.807, 2.05) is 6.07 Å². The second-order valence-corrected chi connectivity index (χ2v) is 6.19. The fraction of sp³-hybridized carbons (Fsp3) is 0.400. The second kappa shape index (κ2) is 5.81. The Balaban J connectivity index is 1.89. The normalized spacial score (nSPS) is 15.4. The fourth-order valence-electron chi connectivity index (χ4n) is 2.88. The number of carbonyl (C=O) groups is 2. The van der Waals surface area contributed by atoms with Crippen LogP contribution >= 0.6 is 11.3 Å². The third-order valence-corrected chi connectivity index (χ3v) is 4.70. The van der Waals surface area contributed by atoms with Crippen LogP contribution in [0.15, 0.2) is 23.7 Å². The van der Waals surface area contributed by atoms with E-state index in [-0.39, 0.29) is 18.5 Å². The highest BCUT2D eigenvalue weighted by molar-refractivity contribution is 7.16. The number of amides is 1. The molecule has 21 heavy (non-hydrogen) atoms. The van der Waals surface area contributed by atoms with E-state index in [1.54, 1.807) is 17.6 Å². The van der Waals surface area contributed by atoms with Gasteiger partial charge in [-0.1, -0.05) is 12.8 Å². The minimum atomic E-state index is -0.964. The number of carboxylic acid groups (broad SMARTS) is 1. The van der Waals surface area contributed by atoms with Gasteiger partial charge in [0.15, 0.2) is 0 Å². The highest BCUT2D eigenvalue weighted by Gasteiger charge is 2.29. The van der Waals surface area contributed by atoms with Gasteiger partial charge >= 0.3 is 5.97 Å². The first-order valence-electron chi connectivity index (χ1n) is 7.01. The zero-order chi connectivity index (χ0) is 14.8. The van der Waals surface area contributed by atoms with Gasteiger partial charge < -0.3 is 10.0 Å². The molecule has 0 aliphatic heterocycles. The Hall–Kier alpha value is -1.95. The average molecular weight is 304 g/mol. The van der Waals surface area contributed by atoms with Crippen molar-refractivity contribution in [1.29, 1.82) is 0 Å². The summed E-state index contributed by atoms with van der Waals surface area (Å²) in [4.78, 5) is 29.5. The van der Waals surface area contributed by atoms with Crippen LogP contribution in [0.5, 0.6) is 0 Å². The van der Waals surface area contributed by atoms with Gasteiger partial charge in [-0.2, -0.15) is 0 Å².